The number of ether oxygens (including phenoxy) is 2. The summed E-state index contributed by atoms with van der Waals surface area (Å²) >= 11 is 0. The van der Waals surface area contributed by atoms with E-state index in [4.69, 9.17) is 9.47 Å². The Morgan fingerprint density at radius 1 is 1.31 bits per heavy atom. The van der Waals surface area contributed by atoms with Crippen LogP contribution in [0.15, 0.2) is 6.33 Å². The molecule has 3 heterocycles. The quantitative estimate of drug-likeness (QED) is 0.587. The Hall–Kier alpha value is -2.46. The molecular formula is C22H33N5O5. The second-order valence-corrected chi connectivity index (χ2v) is 9.18. The van der Waals surface area contributed by atoms with E-state index in [1.54, 1.807) is 21.3 Å². The molecule has 3 aliphatic rings. The maximum absolute atomic E-state index is 13.6. The Labute approximate surface area is 188 Å². The molecule has 1 saturated carbocycles. The number of nitrogens with zero attached hydrogens (tertiary/aromatic N) is 4. The van der Waals surface area contributed by atoms with Crippen LogP contribution in [-0.2, 0) is 20.8 Å². The highest BCUT2D eigenvalue weighted by Crippen LogP contribution is 2.39. The maximum atomic E-state index is 13.6. The first kappa shape index (κ1) is 22.7. The zero-order valence-electron chi connectivity index (χ0n) is 19.1. The molecule has 32 heavy (non-hydrogen) atoms. The van der Waals surface area contributed by atoms with Crippen LogP contribution in [0.4, 0.5) is 0 Å². The standard InChI is InChI=1S/C22H33N5O5/c1-15(2)32-10-4-7-23-21(30)22(3)13-26-14-24-17(19(28)25-8-11-31-12-9-25)18(26)20(29)27(22)16-5-6-16/h14-16H,4-13H2,1-3H3,(H,23,30). The molecule has 176 valence electrons. The first-order valence-corrected chi connectivity index (χ1v) is 11.5. The van der Waals surface area contributed by atoms with Crippen molar-refractivity contribution in [3.8, 4) is 0 Å². The van der Waals surface area contributed by atoms with Crippen molar-refractivity contribution in [1.82, 2.24) is 24.7 Å². The molecule has 1 saturated heterocycles. The van der Waals surface area contributed by atoms with Gasteiger partial charge in [0.05, 0.1) is 32.2 Å². The number of nitrogens with one attached hydrogen (secondary N) is 1. The summed E-state index contributed by atoms with van der Waals surface area (Å²) in [5, 5.41) is 2.98. The normalized spacial score (nSPS) is 23.4. The Bertz CT molecular complexity index is 874. The van der Waals surface area contributed by atoms with E-state index >= 15 is 0 Å². The van der Waals surface area contributed by atoms with Gasteiger partial charge in [-0.25, -0.2) is 4.98 Å². The Balaban J connectivity index is 1.52. The monoisotopic (exact) mass is 447 g/mol. The number of hydrogen-bond donors (Lipinski definition) is 1. The number of carbonyl (C=O) groups is 3. The number of aromatic nitrogens is 2. The smallest absolute Gasteiger partial charge is 0.275 e. The number of rotatable bonds is 8. The Morgan fingerprint density at radius 3 is 2.69 bits per heavy atom. The molecule has 0 radical (unpaired) electrons. The van der Waals surface area contributed by atoms with Crippen molar-refractivity contribution in [2.45, 2.75) is 64.3 Å². The minimum absolute atomic E-state index is 0.0116. The molecule has 0 aromatic carbocycles. The number of fused-ring (bicyclic) bond motifs is 1. The molecule has 10 nitrogen and oxygen atoms in total. The van der Waals surface area contributed by atoms with Gasteiger partial charge in [-0.05, 0) is 40.0 Å². The molecule has 0 bridgehead atoms. The van der Waals surface area contributed by atoms with Crippen LogP contribution in [0, 0.1) is 0 Å². The average molecular weight is 448 g/mol. The highest BCUT2D eigenvalue weighted by atomic mass is 16.5. The molecule has 0 spiro atoms. The fourth-order valence-electron chi connectivity index (χ4n) is 4.41. The molecule has 4 rings (SSSR count). The molecule has 1 unspecified atom stereocenters. The van der Waals surface area contributed by atoms with E-state index in [2.05, 4.69) is 10.3 Å². The minimum Gasteiger partial charge on any atom is -0.379 e. The fraction of sp³-hybridized carbons (Fsp3) is 0.727. The highest BCUT2D eigenvalue weighted by Gasteiger charge is 2.53. The van der Waals surface area contributed by atoms with E-state index in [0.717, 1.165) is 12.8 Å². The fourth-order valence-corrected chi connectivity index (χ4v) is 4.41. The summed E-state index contributed by atoms with van der Waals surface area (Å²) in [6.45, 7) is 8.97. The molecule has 1 aromatic heterocycles. The third-order valence-corrected chi connectivity index (χ3v) is 6.23. The molecule has 1 N–H and O–H groups in total. The predicted molar refractivity (Wildman–Crippen MR) is 115 cm³/mol. The van der Waals surface area contributed by atoms with E-state index in [1.165, 1.54) is 6.33 Å². The zero-order valence-corrected chi connectivity index (χ0v) is 19.1. The summed E-state index contributed by atoms with van der Waals surface area (Å²) in [7, 11) is 0. The predicted octanol–water partition coefficient (Wildman–Crippen LogP) is 0.664. The van der Waals surface area contributed by atoms with Gasteiger partial charge < -0.3 is 29.2 Å². The van der Waals surface area contributed by atoms with Crippen molar-refractivity contribution < 1.29 is 23.9 Å². The van der Waals surface area contributed by atoms with Crippen molar-refractivity contribution in [3.05, 3.63) is 17.7 Å². The maximum Gasteiger partial charge on any atom is 0.275 e. The lowest BCUT2D eigenvalue weighted by molar-refractivity contribution is -0.133. The van der Waals surface area contributed by atoms with E-state index in [-0.39, 0.29) is 47.8 Å². The van der Waals surface area contributed by atoms with Gasteiger partial charge in [0.15, 0.2) is 5.69 Å². The number of imidazole rings is 1. The van der Waals surface area contributed by atoms with Crippen LogP contribution in [0.1, 0.15) is 61.0 Å². The van der Waals surface area contributed by atoms with Gasteiger partial charge in [0.1, 0.15) is 11.2 Å². The molecule has 3 amide bonds. The second-order valence-electron chi connectivity index (χ2n) is 9.18. The van der Waals surface area contributed by atoms with Crippen molar-refractivity contribution in [2.75, 3.05) is 39.5 Å². The van der Waals surface area contributed by atoms with E-state index in [0.29, 0.717) is 45.9 Å². The molecule has 1 aliphatic carbocycles. The van der Waals surface area contributed by atoms with Gasteiger partial charge in [-0.3, -0.25) is 14.4 Å². The Kier molecular flexibility index (Phi) is 6.52. The highest BCUT2D eigenvalue weighted by molar-refractivity contribution is 6.07. The van der Waals surface area contributed by atoms with Crippen LogP contribution in [-0.4, -0.2) is 94.2 Å². The van der Waals surface area contributed by atoms with E-state index in [9.17, 15) is 14.4 Å². The van der Waals surface area contributed by atoms with E-state index in [1.807, 2.05) is 13.8 Å². The third kappa shape index (κ3) is 4.38. The van der Waals surface area contributed by atoms with Crippen LogP contribution in [0.25, 0.3) is 0 Å². The Morgan fingerprint density at radius 2 is 2.03 bits per heavy atom. The van der Waals surface area contributed by atoms with Crippen LogP contribution >= 0.6 is 0 Å². The van der Waals surface area contributed by atoms with Crippen LogP contribution in [0.5, 0.6) is 0 Å². The lowest BCUT2D eigenvalue weighted by atomic mass is 9.93. The van der Waals surface area contributed by atoms with Crippen LogP contribution in [0.2, 0.25) is 0 Å². The topological polar surface area (TPSA) is 106 Å². The average Bonchev–Trinajstić information content (AvgIpc) is 3.51. The van der Waals surface area contributed by atoms with Gasteiger partial charge in [-0.1, -0.05) is 0 Å². The number of hydrogen-bond acceptors (Lipinski definition) is 6. The molecular weight excluding hydrogens is 414 g/mol. The minimum atomic E-state index is -1.04. The third-order valence-electron chi connectivity index (χ3n) is 6.23. The number of morpholine rings is 1. The van der Waals surface area contributed by atoms with Crippen molar-refractivity contribution in [3.63, 3.8) is 0 Å². The second kappa shape index (κ2) is 9.19. The summed E-state index contributed by atoms with van der Waals surface area (Å²) in [5.41, 5.74) is -0.593. The van der Waals surface area contributed by atoms with Gasteiger partial charge in [0.25, 0.3) is 11.8 Å². The van der Waals surface area contributed by atoms with Gasteiger partial charge in [-0.2, -0.15) is 0 Å². The lowest BCUT2D eigenvalue weighted by Gasteiger charge is -2.44. The molecule has 10 heteroatoms. The van der Waals surface area contributed by atoms with E-state index < -0.39 is 5.54 Å². The van der Waals surface area contributed by atoms with Crippen molar-refractivity contribution in [2.24, 2.45) is 0 Å². The lowest BCUT2D eigenvalue weighted by Crippen LogP contribution is -2.65. The van der Waals surface area contributed by atoms with Crippen molar-refractivity contribution in [1.29, 1.82) is 0 Å². The number of amides is 3. The first-order valence-electron chi connectivity index (χ1n) is 11.5. The molecule has 2 aliphatic heterocycles. The van der Waals surface area contributed by atoms with Crippen LogP contribution in [0.3, 0.4) is 0 Å². The number of carbonyl (C=O) groups excluding carboxylic acids is 3. The molecule has 2 fully saturated rings. The van der Waals surface area contributed by atoms with Crippen LogP contribution < -0.4 is 5.32 Å². The van der Waals surface area contributed by atoms with Gasteiger partial charge in [-0.15, -0.1) is 0 Å². The molecule has 1 aromatic rings. The summed E-state index contributed by atoms with van der Waals surface area (Å²) in [5.74, 6) is -0.749. The van der Waals surface area contributed by atoms with Gasteiger partial charge in [0.2, 0.25) is 5.91 Å². The van der Waals surface area contributed by atoms with Crippen molar-refractivity contribution >= 4 is 17.7 Å². The summed E-state index contributed by atoms with van der Waals surface area (Å²) in [6, 6.07) is 0.0116. The molecule has 1 atom stereocenters. The van der Waals surface area contributed by atoms with Gasteiger partial charge in [0, 0.05) is 32.3 Å². The summed E-state index contributed by atoms with van der Waals surface area (Å²) < 4.78 is 12.5. The first-order chi connectivity index (χ1) is 15.3. The summed E-state index contributed by atoms with van der Waals surface area (Å²) in [6.07, 6.45) is 4.08. The zero-order chi connectivity index (χ0) is 22.9. The summed E-state index contributed by atoms with van der Waals surface area (Å²) in [4.78, 5) is 47.5. The SMILES string of the molecule is CC(C)OCCCNC(=O)C1(C)Cn2cnc(C(=O)N3CCOCC3)c2C(=O)N1C1CC1. The van der Waals surface area contributed by atoms with Gasteiger partial charge >= 0.3 is 0 Å². The largest absolute Gasteiger partial charge is 0.379 e.